The predicted octanol–water partition coefficient (Wildman–Crippen LogP) is 5.51. The summed E-state index contributed by atoms with van der Waals surface area (Å²) in [6, 6.07) is 14.2. The van der Waals surface area contributed by atoms with Gasteiger partial charge in [-0.1, -0.05) is 11.6 Å². The number of benzene rings is 2. The molecule has 4 aromatic rings. The lowest BCUT2D eigenvalue weighted by Gasteiger charge is -2.37. The van der Waals surface area contributed by atoms with Crippen molar-refractivity contribution in [1.82, 2.24) is 19.9 Å². The Morgan fingerprint density at radius 3 is 2.56 bits per heavy atom. The number of hydrogen-bond acceptors (Lipinski definition) is 6. The lowest BCUT2D eigenvalue weighted by Crippen LogP contribution is -2.50. The molecule has 174 valence electrons. The molecule has 1 saturated heterocycles. The van der Waals surface area contributed by atoms with E-state index in [1.165, 1.54) is 12.8 Å². The van der Waals surface area contributed by atoms with Crippen molar-refractivity contribution >= 4 is 80.0 Å². The summed E-state index contributed by atoms with van der Waals surface area (Å²) < 4.78 is 3.42. The van der Waals surface area contributed by atoms with Gasteiger partial charge >= 0.3 is 0 Å². The maximum absolute atomic E-state index is 6.27. The van der Waals surface area contributed by atoms with E-state index in [2.05, 4.69) is 59.1 Å². The van der Waals surface area contributed by atoms with Crippen molar-refractivity contribution in [2.24, 2.45) is 0 Å². The molecule has 0 spiro atoms. The zero-order chi connectivity index (χ0) is 23.1. The summed E-state index contributed by atoms with van der Waals surface area (Å²) in [7, 11) is 0. The van der Waals surface area contributed by atoms with Crippen LogP contribution in [0.2, 0.25) is 5.02 Å². The van der Waals surface area contributed by atoms with E-state index in [9.17, 15) is 0 Å². The van der Waals surface area contributed by atoms with Gasteiger partial charge in [-0.2, -0.15) is 0 Å². The summed E-state index contributed by atoms with van der Waals surface area (Å²) in [6.45, 7) is 3.28. The van der Waals surface area contributed by atoms with Crippen LogP contribution in [0.3, 0.4) is 0 Å². The van der Waals surface area contributed by atoms with Gasteiger partial charge in [-0.3, -0.25) is 0 Å². The molecular weight excluding hydrogens is 486 g/mol. The number of hydrogen-bond donors (Lipinski definition) is 3. The molecule has 2 fully saturated rings. The average molecular weight is 510 g/mol. The number of rotatable bonds is 5. The van der Waals surface area contributed by atoms with Crippen molar-refractivity contribution in [2.45, 2.75) is 18.1 Å². The Balaban J connectivity index is 1.11. The van der Waals surface area contributed by atoms with Crippen LogP contribution in [0, 0.1) is 0 Å². The van der Waals surface area contributed by atoms with Crippen LogP contribution in [0.4, 0.5) is 17.2 Å². The van der Waals surface area contributed by atoms with Crippen LogP contribution in [0.5, 0.6) is 0 Å². The minimum absolute atomic E-state index is 0.704. The summed E-state index contributed by atoms with van der Waals surface area (Å²) in [4.78, 5) is 17.0. The minimum atomic E-state index is 0.704. The lowest BCUT2D eigenvalue weighted by atomic mass is 10.2. The number of H-pyrrole nitrogens is 1. The van der Waals surface area contributed by atoms with E-state index in [-0.39, 0.29) is 0 Å². The molecule has 2 aromatic heterocycles. The second kappa shape index (κ2) is 9.13. The maximum atomic E-state index is 6.27. The molecule has 0 atom stereocenters. The first-order valence-electron chi connectivity index (χ1n) is 11.4. The average Bonchev–Trinajstić information content (AvgIpc) is 3.62. The second-order valence-electron chi connectivity index (χ2n) is 8.64. The van der Waals surface area contributed by atoms with E-state index >= 15 is 0 Å². The van der Waals surface area contributed by atoms with Gasteiger partial charge in [-0.05, 0) is 79.5 Å². The minimum Gasteiger partial charge on any atom is -0.352 e. The summed E-state index contributed by atoms with van der Waals surface area (Å²) in [5.41, 5.74) is 3.96. The number of aromatic amines is 1. The van der Waals surface area contributed by atoms with Gasteiger partial charge in [0.1, 0.15) is 17.8 Å². The van der Waals surface area contributed by atoms with E-state index in [0.717, 1.165) is 75.7 Å². The number of piperazine rings is 1. The number of fused-ring (bicyclic) bond motifs is 3. The topological polar surface area (TPSA) is 72.1 Å². The molecule has 1 saturated carbocycles. The lowest BCUT2D eigenvalue weighted by molar-refractivity contribution is 0.390. The normalized spacial score (nSPS) is 16.3. The predicted molar refractivity (Wildman–Crippen MR) is 147 cm³/mol. The number of anilines is 3. The highest BCUT2D eigenvalue weighted by Crippen LogP contribution is 2.35. The van der Waals surface area contributed by atoms with Crippen molar-refractivity contribution in [3.8, 4) is 0 Å². The largest absolute Gasteiger partial charge is 0.352 e. The van der Waals surface area contributed by atoms with E-state index in [1.54, 1.807) is 6.33 Å². The SMILES string of the molecule is S=C(Nc1ccc(NSC2CC2)cc1)N1CCN(c2ncnc3[nH]c4ccc(Cl)cc4c23)CC1. The van der Waals surface area contributed by atoms with Crippen molar-refractivity contribution < 1.29 is 0 Å². The van der Waals surface area contributed by atoms with E-state index in [4.69, 9.17) is 23.8 Å². The molecule has 7 nitrogen and oxygen atoms in total. The number of nitrogens with one attached hydrogen (secondary N) is 3. The highest BCUT2D eigenvalue weighted by Gasteiger charge is 2.24. The zero-order valence-electron chi connectivity index (χ0n) is 18.4. The van der Waals surface area contributed by atoms with Crippen LogP contribution in [0.15, 0.2) is 48.8 Å². The third kappa shape index (κ3) is 4.47. The number of aromatic nitrogens is 3. The fourth-order valence-electron chi connectivity index (χ4n) is 4.20. The summed E-state index contributed by atoms with van der Waals surface area (Å²) in [6.07, 6.45) is 4.25. The van der Waals surface area contributed by atoms with Gasteiger partial charge < -0.3 is 24.8 Å². The van der Waals surface area contributed by atoms with Gasteiger partial charge in [-0.15, -0.1) is 0 Å². The van der Waals surface area contributed by atoms with Crippen molar-refractivity contribution in [2.75, 3.05) is 41.1 Å². The van der Waals surface area contributed by atoms with E-state index in [0.29, 0.717) is 5.02 Å². The molecular formula is C24H24ClN7S2. The zero-order valence-corrected chi connectivity index (χ0v) is 20.8. The number of nitrogens with zero attached hydrogens (tertiary/aromatic N) is 4. The highest BCUT2D eigenvalue weighted by molar-refractivity contribution is 8.01. The van der Waals surface area contributed by atoms with Crippen LogP contribution in [-0.4, -0.2) is 56.4 Å². The highest BCUT2D eigenvalue weighted by atomic mass is 35.5. The van der Waals surface area contributed by atoms with Gasteiger partial charge in [0.15, 0.2) is 5.11 Å². The molecule has 0 bridgehead atoms. The Kier molecular flexibility index (Phi) is 5.84. The fourth-order valence-corrected chi connectivity index (χ4v) is 5.48. The van der Waals surface area contributed by atoms with E-state index < -0.39 is 0 Å². The summed E-state index contributed by atoms with van der Waals surface area (Å²) >= 11 is 13.8. The Labute approximate surface area is 212 Å². The first-order valence-corrected chi connectivity index (χ1v) is 13.1. The molecule has 0 radical (unpaired) electrons. The monoisotopic (exact) mass is 509 g/mol. The summed E-state index contributed by atoms with van der Waals surface area (Å²) in [5, 5.41) is 7.68. The van der Waals surface area contributed by atoms with Crippen LogP contribution in [0.25, 0.3) is 21.9 Å². The molecule has 2 aliphatic rings. The molecule has 3 heterocycles. The van der Waals surface area contributed by atoms with E-state index in [1.807, 2.05) is 30.1 Å². The molecule has 0 amide bonds. The molecule has 1 aliphatic heterocycles. The maximum Gasteiger partial charge on any atom is 0.173 e. The van der Waals surface area contributed by atoms with Crippen LogP contribution in [-0.2, 0) is 0 Å². The van der Waals surface area contributed by atoms with Crippen LogP contribution >= 0.6 is 35.8 Å². The molecule has 3 N–H and O–H groups in total. The Morgan fingerprint density at radius 1 is 1.03 bits per heavy atom. The summed E-state index contributed by atoms with van der Waals surface area (Å²) in [5.74, 6) is 0.934. The number of thiocarbonyl (C=S) groups is 1. The molecule has 34 heavy (non-hydrogen) atoms. The third-order valence-corrected chi connectivity index (χ3v) is 7.96. The fraction of sp³-hybridized carbons (Fsp3) is 0.292. The van der Waals surface area contributed by atoms with Crippen LogP contribution < -0.4 is 14.9 Å². The molecule has 6 rings (SSSR count). The van der Waals surface area contributed by atoms with Gasteiger partial charge in [0, 0.05) is 58.7 Å². The Hall–Kier alpha value is -2.75. The van der Waals surface area contributed by atoms with Gasteiger partial charge in [0.2, 0.25) is 0 Å². The third-order valence-electron chi connectivity index (χ3n) is 6.20. The van der Waals surface area contributed by atoms with Gasteiger partial charge in [0.05, 0.1) is 5.39 Å². The standard InChI is InChI=1S/C24H24ClN7S2/c25-15-1-8-20-19(13-15)21-22(29-20)26-14-27-23(21)31-9-11-32(12-10-31)24(33)28-16-2-4-17(5-3-16)30-34-18-6-7-18/h1-5,8,13-14,18,30H,6-7,9-12H2,(H,28,33)(H,26,27,29). The first-order chi connectivity index (χ1) is 16.6. The smallest absolute Gasteiger partial charge is 0.173 e. The van der Waals surface area contributed by atoms with Crippen LogP contribution in [0.1, 0.15) is 12.8 Å². The van der Waals surface area contributed by atoms with Crippen molar-refractivity contribution in [3.05, 3.63) is 53.8 Å². The van der Waals surface area contributed by atoms with Crippen molar-refractivity contribution in [1.29, 1.82) is 0 Å². The number of halogens is 1. The Bertz CT molecular complexity index is 1340. The van der Waals surface area contributed by atoms with Gasteiger partial charge in [0.25, 0.3) is 0 Å². The quantitative estimate of drug-likeness (QED) is 0.240. The van der Waals surface area contributed by atoms with Gasteiger partial charge in [-0.25, -0.2) is 9.97 Å². The molecule has 10 heteroatoms. The Morgan fingerprint density at radius 2 is 1.79 bits per heavy atom. The molecule has 1 aliphatic carbocycles. The molecule has 2 aromatic carbocycles. The second-order valence-corrected chi connectivity index (χ2v) is 10.6. The van der Waals surface area contributed by atoms with Crippen molar-refractivity contribution in [3.63, 3.8) is 0 Å². The first kappa shape index (κ1) is 21.8. The molecule has 0 unspecified atom stereocenters.